The first-order valence-corrected chi connectivity index (χ1v) is 10.5. The number of benzene rings is 1. The predicted octanol–water partition coefficient (Wildman–Crippen LogP) is 4.05. The third-order valence-electron chi connectivity index (χ3n) is 4.12. The van der Waals surface area contributed by atoms with Crippen LogP contribution in [-0.2, 0) is 11.2 Å². The van der Waals surface area contributed by atoms with Gasteiger partial charge < -0.3 is 14.5 Å². The number of rotatable bonds is 6. The van der Waals surface area contributed by atoms with Crippen LogP contribution in [0.5, 0.6) is 0 Å². The van der Waals surface area contributed by atoms with E-state index < -0.39 is 5.97 Å². The summed E-state index contributed by atoms with van der Waals surface area (Å²) in [6.07, 6.45) is 2.11. The number of esters is 1. The molecule has 0 saturated carbocycles. The lowest BCUT2D eigenvalue weighted by Gasteiger charge is -2.11. The number of furan rings is 1. The highest BCUT2D eigenvalue weighted by Gasteiger charge is 2.19. The molecular formula is C21H21N3O4S2. The maximum absolute atomic E-state index is 12.4. The second kappa shape index (κ2) is 10.0. The van der Waals surface area contributed by atoms with Gasteiger partial charge in [0.15, 0.2) is 5.11 Å². The number of carbonyl (C=O) groups excluding carboxylic acids is 2. The number of hydrogen-bond acceptors (Lipinski definition) is 6. The Morgan fingerprint density at radius 3 is 2.57 bits per heavy atom. The molecule has 30 heavy (non-hydrogen) atoms. The Hall–Kier alpha value is -3.17. The molecule has 0 atom stereocenters. The van der Waals surface area contributed by atoms with Crippen LogP contribution in [0.3, 0.4) is 0 Å². The van der Waals surface area contributed by atoms with E-state index in [2.05, 4.69) is 16.2 Å². The van der Waals surface area contributed by atoms with Gasteiger partial charge in [-0.25, -0.2) is 4.79 Å². The first-order chi connectivity index (χ1) is 14.5. The first-order valence-electron chi connectivity index (χ1n) is 9.23. The maximum atomic E-state index is 12.4. The van der Waals surface area contributed by atoms with Crippen LogP contribution in [0.4, 0.5) is 5.00 Å². The highest BCUT2D eigenvalue weighted by molar-refractivity contribution is 7.80. The first kappa shape index (κ1) is 21.5. The fourth-order valence-electron chi connectivity index (χ4n) is 2.72. The molecule has 3 aromatic rings. The minimum atomic E-state index is -0.434. The SMILES string of the molecule is CCOC(=O)c1cc(Cc2ccccc2)sc1NC(=S)NNC(=O)c1ccoc1C. The molecule has 0 aliphatic carbocycles. The fraction of sp³-hybridized carbons (Fsp3) is 0.190. The summed E-state index contributed by atoms with van der Waals surface area (Å²) in [7, 11) is 0. The monoisotopic (exact) mass is 443 g/mol. The van der Waals surface area contributed by atoms with E-state index >= 15 is 0 Å². The van der Waals surface area contributed by atoms with E-state index in [1.54, 1.807) is 26.0 Å². The number of thiocarbonyl (C=S) groups is 1. The Labute approximate surface area is 183 Å². The highest BCUT2D eigenvalue weighted by atomic mass is 32.1. The van der Waals surface area contributed by atoms with Gasteiger partial charge in [0.1, 0.15) is 10.8 Å². The zero-order chi connectivity index (χ0) is 21.5. The molecular weight excluding hydrogens is 422 g/mol. The summed E-state index contributed by atoms with van der Waals surface area (Å²) in [4.78, 5) is 25.5. The van der Waals surface area contributed by atoms with Crippen molar-refractivity contribution < 1.29 is 18.7 Å². The minimum absolute atomic E-state index is 0.142. The van der Waals surface area contributed by atoms with Gasteiger partial charge in [-0.1, -0.05) is 30.3 Å². The fourth-order valence-corrected chi connectivity index (χ4v) is 4.02. The van der Waals surface area contributed by atoms with Crippen molar-refractivity contribution in [3.63, 3.8) is 0 Å². The molecule has 3 rings (SSSR count). The number of amides is 1. The summed E-state index contributed by atoms with van der Waals surface area (Å²) < 4.78 is 10.3. The maximum Gasteiger partial charge on any atom is 0.341 e. The number of nitrogens with one attached hydrogen (secondary N) is 3. The van der Waals surface area contributed by atoms with Gasteiger partial charge in [-0.3, -0.25) is 15.6 Å². The van der Waals surface area contributed by atoms with Crippen molar-refractivity contribution in [1.29, 1.82) is 0 Å². The van der Waals surface area contributed by atoms with E-state index in [0.717, 1.165) is 10.4 Å². The molecule has 2 heterocycles. The van der Waals surface area contributed by atoms with E-state index in [1.165, 1.54) is 17.6 Å². The number of aryl methyl sites for hydroxylation is 1. The number of thiophene rings is 1. The molecule has 0 spiro atoms. The molecule has 0 aliphatic heterocycles. The van der Waals surface area contributed by atoms with Crippen molar-refractivity contribution in [3.05, 3.63) is 76.1 Å². The minimum Gasteiger partial charge on any atom is -0.469 e. The van der Waals surface area contributed by atoms with Gasteiger partial charge >= 0.3 is 5.97 Å². The second-order valence-electron chi connectivity index (χ2n) is 6.26. The van der Waals surface area contributed by atoms with Crippen LogP contribution in [-0.4, -0.2) is 23.6 Å². The Morgan fingerprint density at radius 1 is 1.13 bits per heavy atom. The van der Waals surface area contributed by atoms with Crippen LogP contribution in [0.15, 0.2) is 53.1 Å². The van der Waals surface area contributed by atoms with Gasteiger partial charge in [0.2, 0.25) is 0 Å². The summed E-state index contributed by atoms with van der Waals surface area (Å²) in [6, 6.07) is 13.3. The molecule has 0 radical (unpaired) electrons. The smallest absolute Gasteiger partial charge is 0.341 e. The molecule has 1 amide bonds. The number of carbonyl (C=O) groups is 2. The standard InChI is InChI=1S/C21H21N3O4S2/c1-3-27-20(26)17-12-15(11-14-7-5-4-6-8-14)30-19(17)22-21(29)24-23-18(25)16-9-10-28-13(16)2/h4-10,12H,3,11H2,1-2H3,(H,23,25)(H2,22,24,29). The molecule has 0 saturated heterocycles. The van der Waals surface area contributed by atoms with Gasteiger partial charge in [-0.05, 0) is 43.8 Å². The topological polar surface area (TPSA) is 92.6 Å². The van der Waals surface area contributed by atoms with Crippen molar-refractivity contribution in [2.24, 2.45) is 0 Å². The van der Waals surface area contributed by atoms with Crippen LogP contribution in [0.25, 0.3) is 0 Å². The summed E-state index contributed by atoms with van der Waals surface area (Å²) in [5, 5.41) is 3.66. The molecule has 0 aliphatic rings. The lowest BCUT2D eigenvalue weighted by molar-refractivity contribution is 0.0528. The Balaban J connectivity index is 1.69. The van der Waals surface area contributed by atoms with Crippen molar-refractivity contribution in [2.75, 3.05) is 11.9 Å². The van der Waals surface area contributed by atoms with E-state index in [4.69, 9.17) is 21.4 Å². The molecule has 0 unspecified atom stereocenters. The average molecular weight is 444 g/mol. The molecule has 0 bridgehead atoms. The quantitative estimate of drug-likeness (QED) is 0.301. The predicted molar refractivity (Wildman–Crippen MR) is 120 cm³/mol. The lowest BCUT2D eigenvalue weighted by Crippen LogP contribution is -2.43. The molecule has 3 N–H and O–H groups in total. The second-order valence-corrected chi connectivity index (χ2v) is 7.81. The van der Waals surface area contributed by atoms with Crippen molar-refractivity contribution in [1.82, 2.24) is 10.9 Å². The molecule has 7 nitrogen and oxygen atoms in total. The van der Waals surface area contributed by atoms with E-state index in [1.807, 2.05) is 30.3 Å². The zero-order valence-corrected chi connectivity index (χ0v) is 18.1. The number of hydrogen-bond donors (Lipinski definition) is 3. The van der Waals surface area contributed by atoms with Gasteiger partial charge in [-0.15, -0.1) is 11.3 Å². The van der Waals surface area contributed by atoms with Crippen LogP contribution in [0.2, 0.25) is 0 Å². The molecule has 2 aromatic heterocycles. The Bertz CT molecular complexity index is 1040. The summed E-state index contributed by atoms with van der Waals surface area (Å²) in [5.74, 6) is -0.315. The summed E-state index contributed by atoms with van der Waals surface area (Å²) in [6.45, 7) is 3.71. The van der Waals surface area contributed by atoms with Crippen LogP contribution in [0.1, 0.15) is 43.8 Å². The van der Waals surface area contributed by atoms with Crippen molar-refractivity contribution in [2.45, 2.75) is 20.3 Å². The number of hydrazine groups is 1. The van der Waals surface area contributed by atoms with Crippen molar-refractivity contribution >= 4 is 45.5 Å². The summed E-state index contributed by atoms with van der Waals surface area (Å²) in [5.41, 5.74) is 7.07. The molecule has 1 aromatic carbocycles. The molecule has 156 valence electrons. The Morgan fingerprint density at radius 2 is 1.90 bits per heavy atom. The van der Waals surface area contributed by atoms with Gasteiger partial charge in [-0.2, -0.15) is 0 Å². The highest BCUT2D eigenvalue weighted by Crippen LogP contribution is 2.30. The number of ether oxygens (including phenoxy) is 1. The van der Waals surface area contributed by atoms with E-state index in [0.29, 0.717) is 28.3 Å². The third kappa shape index (κ3) is 5.46. The van der Waals surface area contributed by atoms with Crippen LogP contribution < -0.4 is 16.2 Å². The largest absolute Gasteiger partial charge is 0.469 e. The Kier molecular flexibility index (Phi) is 7.21. The third-order valence-corrected chi connectivity index (χ3v) is 5.37. The van der Waals surface area contributed by atoms with E-state index in [9.17, 15) is 9.59 Å². The van der Waals surface area contributed by atoms with Crippen LogP contribution >= 0.6 is 23.6 Å². The number of anilines is 1. The van der Waals surface area contributed by atoms with Crippen molar-refractivity contribution in [3.8, 4) is 0 Å². The average Bonchev–Trinajstić information content (AvgIpc) is 3.33. The normalized spacial score (nSPS) is 10.3. The lowest BCUT2D eigenvalue weighted by atomic mass is 10.1. The van der Waals surface area contributed by atoms with Crippen LogP contribution in [0, 0.1) is 6.92 Å². The van der Waals surface area contributed by atoms with Gasteiger partial charge in [0.25, 0.3) is 5.91 Å². The van der Waals surface area contributed by atoms with E-state index in [-0.39, 0.29) is 17.6 Å². The van der Waals surface area contributed by atoms with Gasteiger partial charge in [0.05, 0.1) is 24.0 Å². The molecule has 0 fully saturated rings. The zero-order valence-electron chi connectivity index (χ0n) is 16.5. The molecule has 9 heteroatoms. The summed E-state index contributed by atoms with van der Waals surface area (Å²) >= 11 is 6.66. The van der Waals surface area contributed by atoms with Gasteiger partial charge in [0, 0.05) is 11.3 Å².